The third kappa shape index (κ3) is 4.15. The van der Waals surface area contributed by atoms with E-state index in [0.717, 1.165) is 22.7 Å². The van der Waals surface area contributed by atoms with Gasteiger partial charge in [-0.3, -0.25) is 0 Å². The molecule has 1 heterocycles. The van der Waals surface area contributed by atoms with E-state index in [0.29, 0.717) is 13.1 Å². The molecule has 0 saturated carbocycles. The first kappa shape index (κ1) is 15.7. The zero-order valence-corrected chi connectivity index (χ0v) is 13.5. The van der Waals surface area contributed by atoms with E-state index in [1.54, 1.807) is 0 Å². The Kier molecular flexibility index (Phi) is 5.95. The van der Waals surface area contributed by atoms with Crippen LogP contribution in [0.3, 0.4) is 0 Å². The Labute approximate surface area is 133 Å². The summed E-state index contributed by atoms with van der Waals surface area (Å²) in [6, 6.07) is 10.1. The normalized spacial score (nSPS) is 10.4. The molecule has 0 fully saturated rings. The van der Waals surface area contributed by atoms with Gasteiger partial charge in [-0.15, -0.1) is 0 Å². The smallest absolute Gasteiger partial charge is 0.148 e. The molecule has 2 aromatic rings. The van der Waals surface area contributed by atoms with E-state index in [9.17, 15) is 5.11 Å². The van der Waals surface area contributed by atoms with Crippen LogP contribution in [0.4, 0.5) is 11.6 Å². The number of hydrogen-bond donors (Lipinski definition) is 2. The molecule has 0 aliphatic heterocycles. The molecule has 0 atom stereocenters. The van der Waals surface area contributed by atoms with E-state index in [-0.39, 0.29) is 6.61 Å². The highest BCUT2D eigenvalue weighted by Gasteiger charge is 2.15. The second-order valence-electron chi connectivity index (χ2n) is 4.52. The fourth-order valence-corrected chi connectivity index (χ4v) is 2.65. The van der Waals surface area contributed by atoms with Crippen molar-refractivity contribution in [3.05, 3.63) is 46.7 Å². The van der Waals surface area contributed by atoms with Crippen molar-refractivity contribution in [3.8, 4) is 0 Å². The molecule has 0 unspecified atom stereocenters. The van der Waals surface area contributed by atoms with Gasteiger partial charge in [0.05, 0.1) is 6.61 Å². The summed E-state index contributed by atoms with van der Waals surface area (Å²) >= 11 is 3.56. The molecule has 1 aromatic carbocycles. The summed E-state index contributed by atoms with van der Waals surface area (Å²) in [5.74, 6) is 1.54. The largest absolute Gasteiger partial charge is 0.395 e. The molecule has 0 aliphatic rings. The number of benzene rings is 1. The summed E-state index contributed by atoms with van der Waals surface area (Å²) in [6.45, 7) is 4.07. The average molecular weight is 351 g/mol. The third-order valence-corrected chi connectivity index (χ3v) is 3.73. The van der Waals surface area contributed by atoms with Crippen LogP contribution in [0.25, 0.3) is 0 Å². The van der Waals surface area contributed by atoms with Crippen molar-refractivity contribution in [2.75, 3.05) is 29.9 Å². The average Bonchev–Trinajstić information content (AvgIpc) is 2.50. The zero-order valence-electron chi connectivity index (χ0n) is 12.0. The maximum Gasteiger partial charge on any atom is 0.148 e. The summed E-state index contributed by atoms with van der Waals surface area (Å²) in [5.41, 5.74) is 1.17. The molecule has 112 valence electrons. The third-order valence-electron chi connectivity index (χ3n) is 3.00. The number of nitrogens with one attached hydrogen (secondary N) is 1. The number of aliphatic hydroxyl groups is 1. The van der Waals surface area contributed by atoms with Gasteiger partial charge in [0.15, 0.2) is 0 Å². The van der Waals surface area contributed by atoms with Crippen molar-refractivity contribution < 1.29 is 5.11 Å². The summed E-state index contributed by atoms with van der Waals surface area (Å²) < 4.78 is 0.816. The summed E-state index contributed by atoms with van der Waals surface area (Å²) in [6.07, 6.45) is 1.54. The van der Waals surface area contributed by atoms with Gasteiger partial charge in [0, 0.05) is 19.6 Å². The fourth-order valence-electron chi connectivity index (χ4n) is 2.06. The van der Waals surface area contributed by atoms with E-state index in [4.69, 9.17) is 0 Å². The first-order valence-corrected chi connectivity index (χ1v) is 7.69. The van der Waals surface area contributed by atoms with E-state index < -0.39 is 0 Å². The van der Waals surface area contributed by atoms with E-state index in [1.165, 1.54) is 11.9 Å². The van der Waals surface area contributed by atoms with E-state index in [2.05, 4.69) is 43.3 Å². The van der Waals surface area contributed by atoms with Crippen molar-refractivity contribution in [2.45, 2.75) is 13.5 Å². The number of rotatable bonds is 7. The molecule has 1 aromatic heterocycles. The van der Waals surface area contributed by atoms with Crippen LogP contribution in [-0.4, -0.2) is 34.8 Å². The lowest BCUT2D eigenvalue weighted by Gasteiger charge is -2.24. The lowest BCUT2D eigenvalue weighted by Crippen LogP contribution is -2.27. The van der Waals surface area contributed by atoms with Gasteiger partial charge in [-0.2, -0.15) is 0 Å². The maximum atomic E-state index is 9.32. The van der Waals surface area contributed by atoms with Gasteiger partial charge in [-0.1, -0.05) is 30.3 Å². The van der Waals surface area contributed by atoms with Crippen LogP contribution in [0.2, 0.25) is 0 Å². The van der Waals surface area contributed by atoms with E-state index in [1.807, 2.05) is 30.0 Å². The number of halogens is 1. The SMILES string of the molecule is CCNc1ncnc(N(CCO)Cc2ccccc2)c1Br. The van der Waals surface area contributed by atoms with Gasteiger partial charge in [0.2, 0.25) is 0 Å². The number of anilines is 2. The van der Waals surface area contributed by atoms with Gasteiger partial charge in [0.1, 0.15) is 22.4 Å². The molecule has 0 aliphatic carbocycles. The number of hydrogen-bond acceptors (Lipinski definition) is 5. The highest BCUT2D eigenvalue weighted by molar-refractivity contribution is 9.10. The molecule has 0 amide bonds. The second-order valence-corrected chi connectivity index (χ2v) is 5.31. The number of aliphatic hydroxyl groups excluding tert-OH is 1. The standard InChI is InChI=1S/C15H19BrN4O/c1-2-17-14-13(16)15(19-11-18-14)20(8-9-21)10-12-6-4-3-5-7-12/h3-7,11,21H,2,8-10H2,1H3,(H,17,18,19). The van der Waals surface area contributed by atoms with Crippen molar-refractivity contribution in [2.24, 2.45) is 0 Å². The Balaban J connectivity index is 2.27. The van der Waals surface area contributed by atoms with Crippen LogP contribution in [0, 0.1) is 0 Å². The molecule has 0 saturated heterocycles. The van der Waals surface area contributed by atoms with Gasteiger partial charge < -0.3 is 15.3 Å². The number of aromatic nitrogens is 2. The predicted molar refractivity (Wildman–Crippen MR) is 88.5 cm³/mol. The van der Waals surface area contributed by atoms with Crippen LogP contribution < -0.4 is 10.2 Å². The Morgan fingerprint density at radius 2 is 2.00 bits per heavy atom. The van der Waals surface area contributed by atoms with Crippen LogP contribution in [0.15, 0.2) is 41.1 Å². The first-order chi connectivity index (χ1) is 10.3. The van der Waals surface area contributed by atoms with E-state index >= 15 is 0 Å². The van der Waals surface area contributed by atoms with Crippen molar-refractivity contribution in [1.82, 2.24) is 9.97 Å². The Bertz CT molecular complexity index is 565. The van der Waals surface area contributed by atoms with Crippen LogP contribution >= 0.6 is 15.9 Å². The predicted octanol–water partition coefficient (Wildman–Crippen LogP) is 2.67. The highest BCUT2D eigenvalue weighted by Crippen LogP contribution is 2.30. The van der Waals surface area contributed by atoms with Crippen LogP contribution in [0.5, 0.6) is 0 Å². The molecule has 2 rings (SSSR count). The summed E-state index contributed by atoms with van der Waals surface area (Å²) in [4.78, 5) is 10.6. The minimum atomic E-state index is 0.0693. The van der Waals surface area contributed by atoms with Gasteiger partial charge >= 0.3 is 0 Å². The first-order valence-electron chi connectivity index (χ1n) is 6.90. The molecular weight excluding hydrogens is 332 g/mol. The Morgan fingerprint density at radius 3 is 2.67 bits per heavy atom. The molecular formula is C15H19BrN4O. The molecule has 6 heteroatoms. The Morgan fingerprint density at radius 1 is 1.24 bits per heavy atom. The molecule has 0 bridgehead atoms. The molecule has 2 N–H and O–H groups in total. The highest BCUT2D eigenvalue weighted by atomic mass is 79.9. The summed E-state index contributed by atoms with van der Waals surface area (Å²) in [5, 5.41) is 12.5. The Hall–Kier alpha value is -1.66. The van der Waals surface area contributed by atoms with Crippen molar-refractivity contribution in [1.29, 1.82) is 0 Å². The topological polar surface area (TPSA) is 61.3 Å². The minimum Gasteiger partial charge on any atom is -0.395 e. The van der Waals surface area contributed by atoms with Crippen LogP contribution in [-0.2, 0) is 6.54 Å². The van der Waals surface area contributed by atoms with Gasteiger partial charge in [-0.25, -0.2) is 9.97 Å². The molecule has 0 spiro atoms. The lowest BCUT2D eigenvalue weighted by molar-refractivity contribution is 0.301. The lowest BCUT2D eigenvalue weighted by atomic mass is 10.2. The van der Waals surface area contributed by atoms with Crippen LogP contribution in [0.1, 0.15) is 12.5 Å². The molecule has 21 heavy (non-hydrogen) atoms. The second kappa shape index (κ2) is 7.95. The molecule has 0 radical (unpaired) electrons. The zero-order chi connectivity index (χ0) is 15.1. The van der Waals surface area contributed by atoms with Gasteiger partial charge in [-0.05, 0) is 28.4 Å². The fraction of sp³-hybridized carbons (Fsp3) is 0.333. The van der Waals surface area contributed by atoms with Crippen molar-refractivity contribution in [3.63, 3.8) is 0 Å². The van der Waals surface area contributed by atoms with Gasteiger partial charge in [0.25, 0.3) is 0 Å². The maximum absolute atomic E-state index is 9.32. The summed E-state index contributed by atoms with van der Waals surface area (Å²) in [7, 11) is 0. The minimum absolute atomic E-state index is 0.0693. The quantitative estimate of drug-likeness (QED) is 0.803. The van der Waals surface area contributed by atoms with Crippen molar-refractivity contribution >= 4 is 27.6 Å². The number of nitrogens with zero attached hydrogens (tertiary/aromatic N) is 3. The molecule has 5 nitrogen and oxygen atoms in total. The monoisotopic (exact) mass is 350 g/mol.